The highest BCUT2D eigenvalue weighted by Gasteiger charge is 2.36. The molecular weight excluding hydrogens is 272 g/mol. The summed E-state index contributed by atoms with van der Waals surface area (Å²) >= 11 is 0. The van der Waals surface area contributed by atoms with E-state index in [4.69, 9.17) is 5.73 Å². The second kappa shape index (κ2) is 7.28. The van der Waals surface area contributed by atoms with E-state index in [9.17, 15) is 4.79 Å². The predicted octanol–water partition coefficient (Wildman–Crippen LogP) is 3.23. The quantitative estimate of drug-likeness (QED) is 0.847. The van der Waals surface area contributed by atoms with E-state index in [0.717, 1.165) is 25.7 Å². The summed E-state index contributed by atoms with van der Waals surface area (Å²) in [7, 11) is 0. The van der Waals surface area contributed by atoms with Crippen molar-refractivity contribution in [3.05, 3.63) is 35.9 Å². The smallest absolute Gasteiger partial charge is 0.223 e. The van der Waals surface area contributed by atoms with E-state index in [1.807, 2.05) is 6.07 Å². The van der Waals surface area contributed by atoms with Gasteiger partial charge in [-0.15, -0.1) is 0 Å². The van der Waals surface area contributed by atoms with Gasteiger partial charge >= 0.3 is 0 Å². The number of nitrogens with one attached hydrogen (secondary N) is 1. The third kappa shape index (κ3) is 3.52. The van der Waals surface area contributed by atoms with Crippen molar-refractivity contribution in [2.24, 2.45) is 17.6 Å². The molecule has 3 N–H and O–H groups in total. The zero-order valence-electron chi connectivity index (χ0n) is 14.1. The zero-order valence-corrected chi connectivity index (χ0v) is 14.1. The van der Waals surface area contributed by atoms with Crippen molar-refractivity contribution in [1.29, 1.82) is 0 Å². The maximum Gasteiger partial charge on any atom is 0.223 e. The van der Waals surface area contributed by atoms with Crippen LogP contribution in [0.25, 0.3) is 0 Å². The molecule has 0 bridgehead atoms. The summed E-state index contributed by atoms with van der Waals surface area (Å²) in [5.74, 6) is 0.659. The van der Waals surface area contributed by atoms with Gasteiger partial charge in [0, 0.05) is 17.4 Å². The van der Waals surface area contributed by atoms with Crippen molar-refractivity contribution in [2.75, 3.05) is 6.54 Å². The molecular formula is C19H30N2O. The Balaban J connectivity index is 2.10. The van der Waals surface area contributed by atoms with Gasteiger partial charge in [0.25, 0.3) is 0 Å². The summed E-state index contributed by atoms with van der Waals surface area (Å²) < 4.78 is 0. The summed E-state index contributed by atoms with van der Waals surface area (Å²) in [6, 6.07) is 10.6. The van der Waals surface area contributed by atoms with E-state index in [0.29, 0.717) is 12.5 Å². The lowest BCUT2D eigenvalue weighted by Gasteiger charge is -2.36. The molecule has 0 aliphatic heterocycles. The lowest BCUT2D eigenvalue weighted by Crippen LogP contribution is -2.49. The van der Waals surface area contributed by atoms with Crippen molar-refractivity contribution in [3.63, 3.8) is 0 Å². The van der Waals surface area contributed by atoms with Gasteiger partial charge in [-0.2, -0.15) is 0 Å². The minimum atomic E-state index is -0.0809. The van der Waals surface area contributed by atoms with E-state index in [-0.39, 0.29) is 23.3 Å². The molecule has 1 saturated carbocycles. The number of nitrogens with two attached hydrogens (primary N) is 1. The van der Waals surface area contributed by atoms with Crippen LogP contribution in [-0.2, 0) is 10.2 Å². The molecule has 1 fully saturated rings. The number of rotatable bonds is 6. The molecule has 1 aliphatic rings. The number of amides is 1. The molecule has 0 saturated heterocycles. The molecule has 3 heteroatoms. The maximum atomic E-state index is 12.7. The van der Waals surface area contributed by atoms with Crippen LogP contribution in [0.3, 0.4) is 0 Å². The van der Waals surface area contributed by atoms with Gasteiger partial charge in [-0.25, -0.2) is 0 Å². The van der Waals surface area contributed by atoms with Crippen molar-refractivity contribution < 1.29 is 4.79 Å². The normalized spacial score (nSPS) is 23.3. The first kappa shape index (κ1) is 17.0. The first-order valence-electron chi connectivity index (χ1n) is 8.56. The van der Waals surface area contributed by atoms with Crippen LogP contribution in [0.4, 0.5) is 0 Å². The van der Waals surface area contributed by atoms with Crippen LogP contribution in [0.15, 0.2) is 30.3 Å². The molecule has 0 aromatic heterocycles. The van der Waals surface area contributed by atoms with E-state index in [1.165, 1.54) is 5.56 Å². The van der Waals surface area contributed by atoms with Gasteiger partial charge in [-0.3, -0.25) is 4.79 Å². The highest BCUT2D eigenvalue weighted by atomic mass is 16.2. The zero-order chi connectivity index (χ0) is 16.2. The van der Waals surface area contributed by atoms with E-state index in [1.54, 1.807) is 0 Å². The predicted molar refractivity (Wildman–Crippen MR) is 91.6 cm³/mol. The molecule has 1 aromatic rings. The molecule has 3 nitrogen and oxygen atoms in total. The summed E-state index contributed by atoms with van der Waals surface area (Å²) in [6.07, 6.45) is 4.12. The van der Waals surface area contributed by atoms with Gasteiger partial charge in [0.2, 0.25) is 5.91 Å². The third-order valence-electron chi connectivity index (χ3n) is 5.41. The van der Waals surface area contributed by atoms with E-state index >= 15 is 0 Å². The molecule has 2 rings (SSSR count). The summed E-state index contributed by atoms with van der Waals surface area (Å²) in [5.41, 5.74) is 7.01. The standard InChI is InChI=1S/C19H30N2O/c1-4-17(19(2,3)15-10-6-5-7-11-15)21-18(22)16-12-8-9-14(16)13-20/h5-7,10-11,14,16-17H,4,8-9,12-13,20H2,1-3H3,(H,21,22)/t14-,16-,17?/m1/s1. The van der Waals surface area contributed by atoms with Gasteiger partial charge in [0.05, 0.1) is 0 Å². The molecule has 22 heavy (non-hydrogen) atoms. The fourth-order valence-electron chi connectivity index (χ4n) is 3.80. The lowest BCUT2D eigenvalue weighted by molar-refractivity contribution is -0.127. The summed E-state index contributed by atoms with van der Waals surface area (Å²) in [5, 5.41) is 3.32. The molecule has 1 aromatic carbocycles. The Bertz CT molecular complexity index is 483. The number of hydrogen-bond donors (Lipinski definition) is 2. The van der Waals surface area contributed by atoms with E-state index < -0.39 is 0 Å². The minimum absolute atomic E-state index is 0.0809. The Kier molecular flexibility index (Phi) is 5.63. The topological polar surface area (TPSA) is 55.1 Å². The van der Waals surface area contributed by atoms with Crippen LogP contribution >= 0.6 is 0 Å². The highest BCUT2D eigenvalue weighted by Crippen LogP contribution is 2.33. The van der Waals surface area contributed by atoms with Crippen molar-refractivity contribution >= 4 is 5.91 Å². The van der Waals surface area contributed by atoms with Crippen molar-refractivity contribution in [3.8, 4) is 0 Å². The number of carbonyl (C=O) groups is 1. The Morgan fingerprint density at radius 1 is 1.32 bits per heavy atom. The molecule has 0 spiro atoms. The van der Waals surface area contributed by atoms with Crippen molar-refractivity contribution in [2.45, 2.75) is 57.9 Å². The fraction of sp³-hybridized carbons (Fsp3) is 0.632. The second-order valence-corrected chi connectivity index (χ2v) is 7.09. The van der Waals surface area contributed by atoms with Gasteiger partial charge in [0.1, 0.15) is 0 Å². The van der Waals surface area contributed by atoms with Crippen LogP contribution < -0.4 is 11.1 Å². The third-order valence-corrected chi connectivity index (χ3v) is 5.41. The second-order valence-electron chi connectivity index (χ2n) is 7.09. The Morgan fingerprint density at radius 3 is 2.59 bits per heavy atom. The molecule has 0 heterocycles. The average Bonchev–Trinajstić information content (AvgIpc) is 3.01. The van der Waals surface area contributed by atoms with Crippen LogP contribution in [0.2, 0.25) is 0 Å². The minimum Gasteiger partial charge on any atom is -0.352 e. The number of hydrogen-bond acceptors (Lipinski definition) is 2. The average molecular weight is 302 g/mol. The SMILES string of the molecule is CCC(NC(=O)[C@@H]1CCC[C@@H]1CN)C(C)(C)c1ccccc1. The number of benzene rings is 1. The van der Waals surface area contributed by atoms with Crippen LogP contribution in [0.1, 0.15) is 52.0 Å². The van der Waals surface area contributed by atoms with Crippen LogP contribution in [0.5, 0.6) is 0 Å². The van der Waals surface area contributed by atoms with E-state index in [2.05, 4.69) is 50.4 Å². The molecule has 1 aliphatic carbocycles. The Morgan fingerprint density at radius 2 is 2.00 bits per heavy atom. The van der Waals surface area contributed by atoms with Gasteiger partial charge < -0.3 is 11.1 Å². The van der Waals surface area contributed by atoms with Gasteiger partial charge in [-0.1, -0.05) is 57.5 Å². The summed E-state index contributed by atoms with van der Waals surface area (Å²) in [4.78, 5) is 12.7. The number of carbonyl (C=O) groups excluding carboxylic acids is 1. The molecule has 122 valence electrons. The first-order valence-corrected chi connectivity index (χ1v) is 8.56. The first-order chi connectivity index (χ1) is 10.5. The fourth-order valence-corrected chi connectivity index (χ4v) is 3.80. The van der Waals surface area contributed by atoms with Gasteiger partial charge in [0.15, 0.2) is 0 Å². The molecule has 1 unspecified atom stereocenters. The van der Waals surface area contributed by atoms with Crippen LogP contribution in [-0.4, -0.2) is 18.5 Å². The molecule has 0 radical (unpaired) electrons. The Labute approximate surface area is 134 Å². The summed E-state index contributed by atoms with van der Waals surface area (Å²) in [6.45, 7) is 7.19. The van der Waals surface area contributed by atoms with Crippen LogP contribution in [0, 0.1) is 11.8 Å². The monoisotopic (exact) mass is 302 g/mol. The highest BCUT2D eigenvalue weighted by molar-refractivity contribution is 5.79. The molecule has 3 atom stereocenters. The largest absolute Gasteiger partial charge is 0.352 e. The lowest BCUT2D eigenvalue weighted by atomic mass is 9.76. The van der Waals surface area contributed by atoms with Crippen molar-refractivity contribution in [1.82, 2.24) is 5.32 Å². The van der Waals surface area contributed by atoms with Gasteiger partial charge in [-0.05, 0) is 37.3 Å². The maximum absolute atomic E-state index is 12.7. The Hall–Kier alpha value is -1.35. The molecule has 1 amide bonds.